The summed E-state index contributed by atoms with van der Waals surface area (Å²) in [6, 6.07) is 12.6. The summed E-state index contributed by atoms with van der Waals surface area (Å²) in [4.78, 5) is 21.7. The Bertz CT molecular complexity index is 749. The van der Waals surface area contributed by atoms with E-state index in [0.717, 1.165) is 0 Å². The van der Waals surface area contributed by atoms with Gasteiger partial charge in [0.15, 0.2) is 5.76 Å². The van der Waals surface area contributed by atoms with Crippen molar-refractivity contribution in [2.45, 2.75) is 0 Å². The first-order valence-corrected chi connectivity index (χ1v) is 6.08. The Hall–Kier alpha value is -3.15. The Morgan fingerprint density at radius 3 is 2.38 bits per heavy atom. The molecule has 21 heavy (non-hydrogen) atoms. The van der Waals surface area contributed by atoms with Gasteiger partial charge in [-0.2, -0.15) is 0 Å². The summed E-state index contributed by atoms with van der Waals surface area (Å²) in [5.74, 6) is 0.298. The molecule has 0 unspecified atom stereocenters. The first kappa shape index (κ1) is 12.9. The predicted molar refractivity (Wildman–Crippen MR) is 73.6 cm³/mol. The van der Waals surface area contributed by atoms with Crippen LogP contribution in [0.5, 0.6) is 5.75 Å². The molecule has 6 heteroatoms. The Balaban J connectivity index is 1.81. The number of carbonyl (C=O) groups excluding carboxylic acids is 1. The van der Waals surface area contributed by atoms with Crippen LogP contribution >= 0.6 is 0 Å². The minimum Gasteiger partial charge on any atom is -0.461 e. The number of benzene rings is 2. The number of nitrogens with zero attached hydrogens (tertiary/aromatic N) is 1. The highest BCUT2D eigenvalue weighted by Crippen LogP contribution is 2.29. The van der Waals surface area contributed by atoms with Crippen molar-refractivity contribution < 1.29 is 19.2 Å². The Kier molecular flexibility index (Phi) is 3.12. The van der Waals surface area contributed by atoms with Crippen molar-refractivity contribution in [1.82, 2.24) is 0 Å². The molecule has 3 rings (SSSR count). The van der Waals surface area contributed by atoms with Crippen molar-refractivity contribution in [3.63, 3.8) is 0 Å². The molecule has 2 aromatic rings. The highest BCUT2D eigenvalue weighted by atomic mass is 16.6. The highest BCUT2D eigenvalue weighted by Gasteiger charge is 2.26. The summed E-state index contributed by atoms with van der Waals surface area (Å²) in [7, 11) is 0. The molecule has 1 aliphatic rings. The van der Waals surface area contributed by atoms with E-state index in [-0.39, 0.29) is 5.69 Å². The quantitative estimate of drug-likeness (QED) is 0.374. The fourth-order valence-corrected chi connectivity index (χ4v) is 1.94. The van der Waals surface area contributed by atoms with Gasteiger partial charge in [-0.05, 0) is 18.2 Å². The van der Waals surface area contributed by atoms with Crippen LogP contribution in [0.3, 0.4) is 0 Å². The van der Waals surface area contributed by atoms with E-state index in [1.54, 1.807) is 24.3 Å². The van der Waals surface area contributed by atoms with Crippen molar-refractivity contribution in [3.8, 4) is 5.75 Å². The zero-order chi connectivity index (χ0) is 14.8. The fourth-order valence-electron chi connectivity index (χ4n) is 1.94. The number of esters is 1. The maximum absolute atomic E-state index is 11.6. The van der Waals surface area contributed by atoms with Gasteiger partial charge in [0.1, 0.15) is 12.0 Å². The van der Waals surface area contributed by atoms with E-state index in [0.29, 0.717) is 22.6 Å². The van der Waals surface area contributed by atoms with Crippen LogP contribution in [0.25, 0.3) is 5.76 Å². The number of fused-ring (bicyclic) bond motifs is 1. The second-order valence-electron chi connectivity index (χ2n) is 4.29. The van der Waals surface area contributed by atoms with Gasteiger partial charge in [0.25, 0.3) is 5.69 Å². The van der Waals surface area contributed by atoms with Gasteiger partial charge in [-0.3, -0.25) is 10.1 Å². The average Bonchev–Trinajstić information content (AvgIpc) is 2.83. The van der Waals surface area contributed by atoms with Gasteiger partial charge in [0.2, 0.25) is 0 Å². The van der Waals surface area contributed by atoms with Gasteiger partial charge in [-0.15, -0.1) is 0 Å². The third kappa shape index (κ3) is 2.46. The summed E-state index contributed by atoms with van der Waals surface area (Å²) in [6.45, 7) is 0. The lowest BCUT2D eigenvalue weighted by molar-refractivity contribution is -0.384. The Morgan fingerprint density at radius 2 is 1.71 bits per heavy atom. The zero-order valence-electron chi connectivity index (χ0n) is 10.7. The lowest BCUT2D eigenvalue weighted by atomic mass is 10.1. The van der Waals surface area contributed by atoms with Crippen LogP contribution in [0.1, 0.15) is 15.9 Å². The molecule has 1 aliphatic heterocycles. The molecule has 0 N–H and O–H groups in total. The van der Waals surface area contributed by atoms with Crippen LogP contribution in [-0.2, 0) is 4.74 Å². The molecule has 1 heterocycles. The number of non-ortho nitro benzene ring substituents is 1. The maximum Gasteiger partial charge on any atom is 0.344 e. The van der Waals surface area contributed by atoms with E-state index in [9.17, 15) is 14.9 Å². The van der Waals surface area contributed by atoms with Crippen molar-refractivity contribution >= 4 is 17.4 Å². The molecule has 0 bridgehead atoms. The maximum atomic E-state index is 11.6. The molecule has 2 aromatic carbocycles. The largest absolute Gasteiger partial charge is 0.461 e. The lowest BCUT2D eigenvalue weighted by Gasteiger charge is -2.02. The normalized spacial score (nSPS) is 14.7. The lowest BCUT2D eigenvalue weighted by Crippen LogP contribution is -1.93. The summed E-state index contributed by atoms with van der Waals surface area (Å²) in [5, 5.41) is 10.5. The van der Waals surface area contributed by atoms with Crippen LogP contribution in [-0.4, -0.2) is 10.9 Å². The van der Waals surface area contributed by atoms with Crippen molar-refractivity contribution in [3.05, 3.63) is 76.0 Å². The minimum atomic E-state index is -0.489. The second-order valence-corrected chi connectivity index (χ2v) is 4.29. The van der Waals surface area contributed by atoms with E-state index in [4.69, 9.17) is 9.47 Å². The molecular formula is C15H9NO5. The van der Waals surface area contributed by atoms with Crippen molar-refractivity contribution in [1.29, 1.82) is 0 Å². The number of hydrogen-bond acceptors (Lipinski definition) is 5. The number of rotatable bonds is 3. The monoisotopic (exact) mass is 283 g/mol. The number of ether oxygens (including phenoxy) is 2. The zero-order valence-corrected chi connectivity index (χ0v) is 10.7. The minimum absolute atomic E-state index is 0.0207. The Morgan fingerprint density at radius 1 is 1.05 bits per heavy atom. The first-order chi connectivity index (χ1) is 10.1. The number of nitro groups is 1. The molecule has 0 fully saturated rings. The molecule has 0 saturated heterocycles. The molecule has 0 atom stereocenters. The number of nitro benzene ring substituents is 1. The summed E-state index contributed by atoms with van der Waals surface area (Å²) in [6.07, 6.45) is 1.31. The predicted octanol–water partition coefficient (Wildman–Crippen LogP) is 3.14. The van der Waals surface area contributed by atoms with Crippen LogP contribution < -0.4 is 4.74 Å². The van der Waals surface area contributed by atoms with Crippen LogP contribution in [0.4, 0.5) is 5.69 Å². The van der Waals surface area contributed by atoms with E-state index < -0.39 is 10.9 Å². The number of cyclic esters (lactones) is 1. The molecule has 0 saturated carbocycles. The number of hydrogen-bond donors (Lipinski definition) is 0. The van der Waals surface area contributed by atoms with Gasteiger partial charge in [0.05, 0.1) is 10.5 Å². The van der Waals surface area contributed by atoms with E-state index in [1.165, 1.54) is 30.5 Å². The summed E-state index contributed by atoms with van der Waals surface area (Å²) >= 11 is 0. The van der Waals surface area contributed by atoms with Gasteiger partial charge < -0.3 is 9.47 Å². The third-order valence-electron chi connectivity index (χ3n) is 2.96. The Labute approximate surface area is 119 Å². The van der Waals surface area contributed by atoms with Crippen molar-refractivity contribution in [2.75, 3.05) is 0 Å². The summed E-state index contributed by atoms with van der Waals surface area (Å²) in [5.41, 5.74) is 1.12. The van der Waals surface area contributed by atoms with Gasteiger partial charge in [-0.25, -0.2) is 4.79 Å². The van der Waals surface area contributed by atoms with E-state index in [1.807, 2.05) is 0 Å². The van der Waals surface area contributed by atoms with Crippen molar-refractivity contribution in [2.24, 2.45) is 0 Å². The standard InChI is InChI=1S/C15H9NO5/c17-15-13-4-2-1-3-12(13)14(21-15)9-20-11-7-5-10(6-8-11)16(18)19/h1-9H. The molecule has 0 spiro atoms. The molecule has 0 aromatic heterocycles. The SMILES string of the molecule is O=C1OC(=COc2ccc([N+](=O)[O-])cc2)c2ccccc21. The van der Waals surface area contributed by atoms with Crippen LogP contribution in [0.15, 0.2) is 54.8 Å². The number of carbonyl (C=O) groups is 1. The molecule has 6 nitrogen and oxygen atoms in total. The molecular weight excluding hydrogens is 274 g/mol. The first-order valence-electron chi connectivity index (χ1n) is 6.08. The smallest absolute Gasteiger partial charge is 0.344 e. The molecule has 0 aliphatic carbocycles. The van der Waals surface area contributed by atoms with Crippen LogP contribution in [0.2, 0.25) is 0 Å². The second kappa shape index (κ2) is 5.09. The van der Waals surface area contributed by atoms with Gasteiger partial charge in [-0.1, -0.05) is 18.2 Å². The fraction of sp³-hybridized carbons (Fsp3) is 0. The topological polar surface area (TPSA) is 78.7 Å². The average molecular weight is 283 g/mol. The molecule has 104 valence electrons. The van der Waals surface area contributed by atoms with E-state index in [2.05, 4.69) is 0 Å². The summed E-state index contributed by atoms with van der Waals surface area (Å²) < 4.78 is 10.5. The highest BCUT2D eigenvalue weighted by molar-refractivity contribution is 6.02. The molecule has 0 amide bonds. The van der Waals surface area contributed by atoms with E-state index >= 15 is 0 Å². The van der Waals surface area contributed by atoms with Crippen LogP contribution in [0, 0.1) is 10.1 Å². The molecule has 0 radical (unpaired) electrons. The third-order valence-corrected chi connectivity index (χ3v) is 2.96. The van der Waals surface area contributed by atoms with Gasteiger partial charge in [0, 0.05) is 17.7 Å². The van der Waals surface area contributed by atoms with Gasteiger partial charge >= 0.3 is 5.97 Å².